The Morgan fingerprint density at radius 1 is 1.60 bits per heavy atom. The summed E-state index contributed by atoms with van der Waals surface area (Å²) in [7, 11) is 0. The number of carbonyl (C=O) groups is 1. The molecular weight excluding hydrogens is 322 g/mol. The van der Waals surface area contributed by atoms with Gasteiger partial charge in [-0.3, -0.25) is 9.20 Å². The second-order valence-electron chi connectivity index (χ2n) is 4.97. The van der Waals surface area contributed by atoms with Gasteiger partial charge in [-0.1, -0.05) is 0 Å². The zero-order valence-electron chi connectivity index (χ0n) is 11.2. The van der Waals surface area contributed by atoms with Crippen LogP contribution in [0.3, 0.4) is 0 Å². The largest absolute Gasteiger partial charge is 0.376 e. The van der Waals surface area contributed by atoms with Gasteiger partial charge in [-0.25, -0.2) is 4.98 Å². The zero-order chi connectivity index (χ0) is 14.1. The van der Waals surface area contributed by atoms with E-state index in [0.717, 1.165) is 35.3 Å². The summed E-state index contributed by atoms with van der Waals surface area (Å²) in [5, 5.41) is 2.94. The summed E-state index contributed by atoms with van der Waals surface area (Å²) >= 11 is 3.42. The Kier molecular flexibility index (Phi) is 3.76. The maximum atomic E-state index is 12.4. The van der Waals surface area contributed by atoms with Gasteiger partial charge in [0.1, 0.15) is 11.3 Å². The van der Waals surface area contributed by atoms with Crippen molar-refractivity contribution in [2.24, 2.45) is 0 Å². The topological polar surface area (TPSA) is 55.6 Å². The van der Waals surface area contributed by atoms with Crippen molar-refractivity contribution in [3.05, 3.63) is 34.2 Å². The maximum Gasteiger partial charge on any atom is 0.270 e. The fraction of sp³-hybridized carbons (Fsp3) is 0.429. The Labute approximate surface area is 125 Å². The van der Waals surface area contributed by atoms with Crippen LogP contribution in [0, 0.1) is 6.92 Å². The van der Waals surface area contributed by atoms with E-state index in [0.29, 0.717) is 12.2 Å². The molecule has 20 heavy (non-hydrogen) atoms. The van der Waals surface area contributed by atoms with Gasteiger partial charge in [0.05, 0.1) is 11.8 Å². The average molecular weight is 338 g/mol. The van der Waals surface area contributed by atoms with Crippen molar-refractivity contribution in [1.29, 1.82) is 0 Å². The minimum atomic E-state index is -0.108. The van der Waals surface area contributed by atoms with Crippen molar-refractivity contribution in [2.45, 2.75) is 25.9 Å². The van der Waals surface area contributed by atoms with Crippen LogP contribution in [0.15, 0.2) is 22.8 Å². The first-order chi connectivity index (χ1) is 9.65. The average Bonchev–Trinajstić information content (AvgIpc) is 3.02. The van der Waals surface area contributed by atoms with Gasteiger partial charge in [-0.05, 0) is 47.8 Å². The van der Waals surface area contributed by atoms with Crippen molar-refractivity contribution in [1.82, 2.24) is 14.7 Å². The molecule has 0 aromatic carbocycles. The highest BCUT2D eigenvalue weighted by Gasteiger charge is 2.20. The van der Waals surface area contributed by atoms with E-state index < -0.39 is 0 Å². The predicted molar refractivity (Wildman–Crippen MR) is 78.9 cm³/mol. The molecule has 0 bridgehead atoms. The van der Waals surface area contributed by atoms with Gasteiger partial charge in [0.2, 0.25) is 0 Å². The normalized spacial score (nSPS) is 18.6. The van der Waals surface area contributed by atoms with E-state index >= 15 is 0 Å². The molecule has 0 saturated carbocycles. The molecule has 1 atom stereocenters. The van der Waals surface area contributed by atoms with Crippen LogP contribution in [0.4, 0.5) is 0 Å². The van der Waals surface area contributed by atoms with Gasteiger partial charge in [0.15, 0.2) is 0 Å². The number of nitrogens with one attached hydrogen (secondary N) is 1. The van der Waals surface area contributed by atoms with Crippen LogP contribution in [-0.2, 0) is 4.74 Å². The standard InChI is InChI=1S/C14H16BrN3O2/c1-9-13(14(19)16-7-11-3-2-6-20-11)18-8-10(15)4-5-12(18)17-9/h4-5,8,11H,2-3,6-7H2,1H3,(H,16,19). The number of pyridine rings is 1. The number of imidazole rings is 1. The highest BCUT2D eigenvalue weighted by molar-refractivity contribution is 9.10. The number of aromatic nitrogens is 2. The third-order valence-corrected chi connectivity index (χ3v) is 3.96. The number of nitrogens with zero attached hydrogens (tertiary/aromatic N) is 2. The van der Waals surface area contributed by atoms with Crippen LogP contribution >= 0.6 is 15.9 Å². The SMILES string of the molecule is Cc1nc2ccc(Br)cn2c1C(=O)NCC1CCCO1. The monoisotopic (exact) mass is 337 g/mol. The van der Waals surface area contributed by atoms with Gasteiger partial charge in [-0.15, -0.1) is 0 Å². The lowest BCUT2D eigenvalue weighted by molar-refractivity contribution is 0.0852. The molecule has 1 aliphatic rings. The third kappa shape index (κ3) is 2.58. The Morgan fingerprint density at radius 3 is 3.20 bits per heavy atom. The molecule has 1 unspecified atom stereocenters. The number of aryl methyl sites for hydroxylation is 1. The summed E-state index contributed by atoms with van der Waals surface area (Å²) in [5.74, 6) is -0.108. The molecule has 1 amide bonds. The van der Waals surface area contributed by atoms with Gasteiger partial charge >= 0.3 is 0 Å². The molecular formula is C14H16BrN3O2. The van der Waals surface area contributed by atoms with Crippen LogP contribution in [0.25, 0.3) is 5.65 Å². The van der Waals surface area contributed by atoms with E-state index in [1.54, 1.807) is 0 Å². The summed E-state index contributed by atoms with van der Waals surface area (Å²) in [6.45, 7) is 3.20. The van der Waals surface area contributed by atoms with E-state index in [1.807, 2.05) is 29.7 Å². The first-order valence-electron chi connectivity index (χ1n) is 6.69. The minimum Gasteiger partial charge on any atom is -0.376 e. The van der Waals surface area contributed by atoms with Crippen LogP contribution in [0.5, 0.6) is 0 Å². The second kappa shape index (κ2) is 5.54. The van der Waals surface area contributed by atoms with Crippen molar-refractivity contribution >= 4 is 27.5 Å². The van der Waals surface area contributed by atoms with Crippen LogP contribution in [0.1, 0.15) is 29.0 Å². The molecule has 106 valence electrons. The Balaban J connectivity index is 1.82. The molecule has 1 N–H and O–H groups in total. The first kappa shape index (κ1) is 13.6. The molecule has 6 heteroatoms. The fourth-order valence-electron chi connectivity index (χ4n) is 2.51. The van der Waals surface area contributed by atoms with Gasteiger partial charge in [0, 0.05) is 23.8 Å². The fourth-order valence-corrected chi connectivity index (χ4v) is 2.84. The van der Waals surface area contributed by atoms with Crippen molar-refractivity contribution < 1.29 is 9.53 Å². The lowest BCUT2D eigenvalue weighted by Gasteiger charge is -2.11. The lowest BCUT2D eigenvalue weighted by atomic mass is 10.2. The lowest BCUT2D eigenvalue weighted by Crippen LogP contribution is -2.32. The Morgan fingerprint density at radius 2 is 2.45 bits per heavy atom. The number of ether oxygens (including phenoxy) is 1. The van der Waals surface area contributed by atoms with Crippen LogP contribution in [0.2, 0.25) is 0 Å². The smallest absolute Gasteiger partial charge is 0.270 e. The molecule has 1 aliphatic heterocycles. The second-order valence-corrected chi connectivity index (χ2v) is 5.88. The van der Waals surface area contributed by atoms with Crippen molar-refractivity contribution in [2.75, 3.05) is 13.2 Å². The number of carbonyl (C=O) groups excluding carboxylic acids is 1. The number of amides is 1. The first-order valence-corrected chi connectivity index (χ1v) is 7.48. The zero-order valence-corrected chi connectivity index (χ0v) is 12.8. The third-order valence-electron chi connectivity index (χ3n) is 3.49. The van der Waals surface area contributed by atoms with Crippen molar-refractivity contribution in [3.8, 4) is 0 Å². The van der Waals surface area contributed by atoms with E-state index in [-0.39, 0.29) is 12.0 Å². The maximum absolute atomic E-state index is 12.4. The molecule has 0 aliphatic carbocycles. The molecule has 2 aromatic heterocycles. The van der Waals surface area contributed by atoms with E-state index in [4.69, 9.17) is 4.74 Å². The molecule has 3 rings (SSSR count). The van der Waals surface area contributed by atoms with Gasteiger partial charge in [0.25, 0.3) is 5.91 Å². The van der Waals surface area contributed by atoms with E-state index in [9.17, 15) is 4.79 Å². The van der Waals surface area contributed by atoms with E-state index in [2.05, 4.69) is 26.2 Å². The molecule has 0 radical (unpaired) electrons. The highest BCUT2D eigenvalue weighted by atomic mass is 79.9. The van der Waals surface area contributed by atoms with Crippen LogP contribution < -0.4 is 5.32 Å². The Hall–Kier alpha value is -1.40. The number of fused-ring (bicyclic) bond motifs is 1. The minimum absolute atomic E-state index is 0.108. The molecule has 5 nitrogen and oxygen atoms in total. The summed E-state index contributed by atoms with van der Waals surface area (Å²) in [4.78, 5) is 16.8. The number of halogens is 1. The van der Waals surface area contributed by atoms with Crippen molar-refractivity contribution in [3.63, 3.8) is 0 Å². The molecule has 2 aromatic rings. The number of hydrogen-bond donors (Lipinski definition) is 1. The van der Waals surface area contributed by atoms with Crippen LogP contribution in [-0.4, -0.2) is 34.5 Å². The predicted octanol–water partition coefficient (Wildman–Crippen LogP) is 2.31. The molecule has 3 heterocycles. The highest BCUT2D eigenvalue weighted by Crippen LogP contribution is 2.17. The molecule has 0 spiro atoms. The summed E-state index contributed by atoms with van der Waals surface area (Å²) in [6.07, 6.45) is 4.08. The summed E-state index contributed by atoms with van der Waals surface area (Å²) in [5.41, 5.74) is 2.08. The number of hydrogen-bond acceptors (Lipinski definition) is 3. The summed E-state index contributed by atoms with van der Waals surface area (Å²) in [6, 6.07) is 3.80. The van der Waals surface area contributed by atoms with E-state index in [1.165, 1.54) is 0 Å². The molecule has 1 fully saturated rings. The van der Waals surface area contributed by atoms with Gasteiger partial charge in [-0.2, -0.15) is 0 Å². The molecule has 1 saturated heterocycles. The Bertz CT molecular complexity index is 647. The number of rotatable bonds is 3. The summed E-state index contributed by atoms with van der Waals surface area (Å²) < 4.78 is 8.24. The van der Waals surface area contributed by atoms with Gasteiger partial charge < -0.3 is 10.1 Å². The quantitative estimate of drug-likeness (QED) is 0.934.